The summed E-state index contributed by atoms with van der Waals surface area (Å²) < 4.78 is 39.9. The van der Waals surface area contributed by atoms with Gasteiger partial charge in [-0.25, -0.2) is 17.8 Å². The van der Waals surface area contributed by atoms with Gasteiger partial charge in [0.2, 0.25) is 0 Å². The van der Waals surface area contributed by atoms with Crippen molar-refractivity contribution >= 4 is 32.9 Å². The summed E-state index contributed by atoms with van der Waals surface area (Å²) >= 11 is 0. The molecule has 0 bridgehead atoms. The number of benzene rings is 2. The first-order valence-electron chi connectivity index (χ1n) is 8.12. The highest BCUT2D eigenvalue weighted by Crippen LogP contribution is 2.21. The van der Waals surface area contributed by atoms with Gasteiger partial charge in [0.05, 0.1) is 16.8 Å². The van der Waals surface area contributed by atoms with Crippen molar-refractivity contribution in [3.05, 3.63) is 72.7 Å². The number of pyridine rings is 1. The van der Waals surface area contributed by atoms with E-state index in [1.807, 2.05) is 43.3 Å². The fraction of sp³-hybridized carbons (Fsp3) is 0.105. The van der Waals surface area contributed by atoms with Gasteiger partial charge in [-0.2, -0.15) is 0 Å². The minimum absolute atomic E-state index is 0.0334. The Hall–Kier alpha value is -3.13. The standard InChI is InChI=1S/C19H19FN4O2S/c1-24(2)17-8-5-15(6-9-17)22-16-7-12-19(21-13-16)23-27(25,26)18-10-3-14(20)4-11-18/h3-13,22H,1-2H3,(H,21,23). The summed E-state index contributed by atoms with van der Waals surface area (Å²) in [5.41, 5.74) is 2.70. The molecular formula is C19H19FN4O2S. The van der Waals surface area contributed by atoms with Crippen molar-refractivity contribution in [1.82, 2.24) is 4.98 Å². The molecule has 0 radical (unpaired) electrons. The van der Waals surface area contributed by atoms with Crippen molar-refractivity contribution in [2.75, 3.05) is 29.0 Å². The zero-order valence-electron chi connectivity index (χ0n) is 14.8. The zero-order chi connectivity index (χ0) is 19.4. The van der Waals surface area contributed by atoms with E-state index in [0.29, 0.717) is 0 Å². The number of nitrogens with zero attached hydrogens (tertiary/aromatic N) is 2. The third-order valence-electron chi connectivity index (χ3n) is 3.80. The summed E-state index contributed by atoms with van der Waals surface area (Å²) in [4.78, 5) is 6.09. The van der Waals surface area contributed by atoms with Crippen molar-refractivity contribution in [3.8, 4) is 0 Å². The number of halogens is 1. The van der Waals surface area contributed by atoms with Crippen molar-refractivity contribution in [3.63, 3.8) is 0 Å². The van der Waals surface area contributed by atoms with E-state index in [9.17, 15) is 12.8 Å². The van der Waals surface area contributed by atoms with Crippen LogP contribution in [0.5, 0.6) is 0 Å². The SMILES string of the molecule is CN(C)c1ccc(Nc2ccc(NS(=O)(=O)c3ccc(F)cc3)nc2)cc1. The molecule has 0 atom stereocenters. The molecule has 0 amide bonds. The molecule has 27 heavy (non-hydrogen) atoms. The van der Waals surface area contributed by atoms with Crippen LogP contribution < -0.4 is 14.9 Å². The Morgan fingerprint density at radius 2 is 1.52 bits per heavy atom. The molecule has 6 nitrogen and oxygen atoms in total. The molecular weight excluding hydrogens is 367 g/mol. The van der Waals surface area contributed by atoms with Crippen molar-refractivity contribution in [1.29, 1.82) is 0 Å². The minimum atomic E-state index is -3.82. The molecule has 0 fully saturated rings. The highest BCUT2D eigenvalue weighted by atomic mass is 32.2. The van der Waals surface area contributed by atoms with Gasteiger partial charge in [0.15, 0.2) is 0 Å². The second-order valence-electron chi connectivity index (χ2n) is 6.06. The Balaban J connectivity index is 1.68. The molecule has 2 N–H and O–H groups in total. The van der Waals surface area contributed by atoms with Crippen LogP contribution in [0.4, 0.5) is 27.3 Å². The predicted octanol–water partition coefficient (Wildman–Crippen LogP) is 3.83. The lowest BCUT2D eigenvalue weighted by Gasteiger charge is -2.13. The molecule has 1 heterocycles. The summed E-state index contributed by atoms with van der Waals surface area (Å²) in [5.74, 6) is -0.325. The van der Waals surface area contributed by atoms with Gasteiger partial charge in [-0.1, -0.05) is 0 Å². The second-order valence-corrected chi connectivity index (χ2v) is 7.74. The van der Waals surface area contributed by atoms with Crippen molar-refractivity contribution in [2.24, 2.45) is 0 Å². The molecule has 0 spiro atoms. The average molecular weight is 386 g/mol. The summed E-state index contributed by atoms with van der Waals surface area (Å²) in [6.45, 7) is 0. The Labute approximate surface area is 157 Å². The fourth-order valence-electron chi connectivity index (χ4n) is 2.35. The molecule has 140 valence electrons. The van der Waals surface area contributed by atoms with Crippen LogP contribution in [-0.2, 0) is 10.0 Å². The normalized spacial score (nSPS) is 11.1. The van der Waals surface area contributed by atoms with Crippen molar-refractivity contribution < 1.29 is 12.8 Å². The van der Waals surface area contributed by atoms with Crippen LogP contribution >= 0.6 is 0 Å². The summed E-state index contributed by atoms with van der Waals surface area (Å²) in [5, 5.41) is 3.20. The second kappa shape index (κ2) is 7.63. The van der Waals surface area contributed by atoms with E-state index < -0.39 is 15.8 Å². The van der Waals surface area contributed by atoms with Gasteiger partial charge in [-0.05, 0) is 60.7 Å². The monoisotopic (exact) mass is 386 g/mol. The van der Waals surface area contributed by atoms with Gasteiger partial charge in [0.1, 0.15) is 11.6 Å². The Kier molecular flexibility index (Phi) is 5.27. The average Bonchev–Trinajstić information content (AvgIpc) is 2.64. The Morgan fingerprint density at radius 1 is 0.889 bits per heavy atom. The topological polar surface area (TPSA) is 74.3 Å². The maximum atomic E-state index is 12.9. The first-order valence-corrected chi connectivity index (χ1v) is 9.61. The number of nitrogens with one attached hydrogen (secondary N) is 2. The molecule has 0 saturated heterocycles. The Bertz CT molecular complexity index is 1000. The summed E-state index contributed by atoms with van der Waals surface area (Å²) in [6.07, 6.45) is 1.53. The lowest BCUT2D eigenvalue weighted by molar-refractivity contribution is 0.599. The quantitative estimate of drug-likeness (QED) is 0.673. The van der Waals surface area contributed by atoms with Gasteiger partial charge in [-0.3, -0.25) is 4.72 Å². The number of rotatable bonds is 6. The number of sulfonamides is 1. The van der Waals surface area contributed by atoms with Gasteiger partial charge in [0.25, 0.3) is 10.0 Å². The Morgan fingerprint density at radius 3 is 2.07 bits per heavy atom. The number of hydrogen-bond acceptors (Lipinski definition) is 5. The minimum Gasteiger partial charge on any atom is -0.378 e. The van der Waals surface area contributed by atoms with E-state index in [4.69, 9.17) is 0 Å². The molecule has 2 aromatic carbocycles. The van der Waals surface area contributed by atoms with E-state index in [2.05, 4.69) is 15.0 Å². The van der Waals surface area contributed by atoms with E-state index in [1.165, 1.54) is 18.3 Å². The van der Waals surface area contributed by atoms with Gasteiger partial charge >= 0.3 is 0 Å². The van der Waals surface area contributed by atoms with E-state index in [0.717, 1.165) is 29.2 Å². The van der Waals surface area contributed by atoms with Crippen LogP contribution in [0.3, 0.4) is 0 Å². The maximum absolute atomic E-state index is 12.9. The number of aromatic nitrogens is 1. The fourth-order valence-corrected chi connectivity index (χ4v) is 3.36. The molecule has 0 aliphatic carbocycles. The highest BCUT2D eigenvalue weighted by molar-refractivity contribution is 7.92. The molecule has 3 aromatic rings. The number of anilines is 4. The number of hydrogen-bond donors (Lipinski definition) is 2. The van der Waals surface area contributed by atoms with Crippen LogP contribution in [0.25, 0.3) is 0 Å². The highest BCUT2D eigenvalue weighted by Gasteiger charge is 2.14. The largest absolute Gasteiger partial charge is 0.378 e. The summed E-state index contributed by atoms with van der Waals surface area (Å²) in [6, 6.07) is 15.7. The van der Waals surface area contributed by atoms with Crippen LogP contribution in [0.2, 0.25) is 0 Å². The molecule has 1 aromatic heterocycles. The first-order chi connectivity index (χ1) is 12.8. The maximum Gasteiger partial charge on any atom is 0.263 e. The van der Waals surface area contributed by atoms with Crippen LogP contribution in [0, 0.1) is 5.82 Å². The zero-order valence-corrected chi connectivity index (χ0v) is 15.7. The van der Waals surface area contributed by atoms with Gasteiger partial charge in [0, 0.05) is 25.5 Å². The smallest absolute Gasteiger partial charge is 0.263 e. The van der Waals surface area contributed by atoms with E-state index in [1.54, 1.807) is 12.1 Å². The van der Waals surface area contributed by atoms with Crippen LogP contribution in [0.1, 0.15) is 0 Å². The third kappa shape index (κ3) is 4.73. The van der Waals surface area contributed by atoms with E-state index in [-0.39, 0.29) is 10.7 Å². The predicted molar refractivity (Wildman–Crippen MR) is 105 cm³/mol. The first kappa shape index (κ1) is 18.7. The van der Waals surface area contributed by atoms with E-state index >= 15 is 0 Å². The molecule has 0 saturated carbocycles. The van der Waals surface area contributed by atoms with Crippen LogP contribution in [0.15, 0.2) is 71.8 Å². The van der Waals surface area contributed by atoms with Gasteiger partial charge < -0.3 is 10.2 Å². The lowest BCUT2D eigenvalue weighted by Crippen LogP contribution is -2.13. The molecule has 0 unspecified atom stereocenters. The molecule has 0 aliphatic rings. The molecule has 3 rings (SSSR count). The lowest BCUT2D eigenvalue weighted by atomic mass is 10.2. The van der Waals surface area contributed by atoms with Gasteiger partial charge in [-0.15, -0.1) is 0 Å². The summed E-state index contributed by atoms with van der Waals surface area (Å²) in [7, 11) is 0.122. The molecule has 0 aliphatic heterocycles. The van der Waals surface area contributed by atoms with Crippen molar-refractivity contribution in [2.45, 2.75) is 4.90 Å². The van der Waals surface area contributed by atoms with Crippen LogP contribution in [-0.4, -0.2) is 27.5 Å². The third-order valence-corrected chi connectivity index (χ3v) is 5.17. The molecule has 8 heteroatoms.